The third-order valence-electron chi connectivity index (χ3n) is 7.14. The molecule has 0 unspecified atom stereocenters. The van der Waals surface area contributed by atoms with E-state index in [1.807, 2.05) is 4.57 Å². The van der Waals surface area contributed by atoms with E-state index in [0.717, 1.165) is 50.3 Å². The highest BCUT2D eigenvalue weighted by molar-refractivity contribution is 7.89. The summed E-state index contributed by atoms with van der Waals surface area (Å²) >= 11 is 0. The van der Waals surface area contributed by atoms with Crippen molar-refractivity contribution in [1.82, 2.24) is 18.8 Å². The number of nitrogens with one attached hydrogen (secondary N) is 1. The monoisotopic (exact) mass is 445 g/mol. The summed E-state index contributed by atoms with van der Waals surface area (Å²) in [6.45, 7) is 3.27. The maximum Gasteiger partial charge on any atom is 0.252 e. The highest BCUT2D eigenvalue weighted by Gasteiger charge is 2.34. The lowest BCUT2D eigenvalue weighted by Crippen LogP contribution is -2.43. The van der Waals surface area contributed by atoms with Crippen molar-refractivity contribution in [3.8, 4) is 0 Å². The Balaban J connectivity index is 1.32. The second-order valence-electron chi connectivity index (χ2n) is 9.53. The summed E-state index contributed by atoms with van der Waals surface area (Å²) in [6, 6.07) is 3.71. The minimum atomic E-state index is -3.13. The fourth-order valence-electron chi connectivity index (χ4n) is 5.09. The largest absolute Gasteiger partial charge is 0.351 e. The molecule has 3 fully saturated rings. The van der Waals surface area contributed by atoms with Crippen LogP contribution in [0.2, 0.25) is 0 Å². The molecule has 3 aliphatic rings. The van der Waals surface area contributed by atoms with Crippen LogP contribution in [-0.2, 0) is 10.0 Å². The van der Waals surface area contributed by atoms with Crippen LogP contribution in [0.25, 0.3) is 11.0 Å². The van der Waals surface area contributed by atoms with E-state index < -0.39 is 10.0 Å². The molecule has 9 heteroatoms. The topological polar surface area (TPSA) is 97.2 Å². The van der Waals surface area contributed by atoms with Crippen LogP contribution in [-0.4, -0.2) is 52.1 Å². The summed E-state index contributed by atoms with van der Waals surface area (Å²) < 4.78 is 28.5. The number of hydrogen-bond acceptors (Lipinski definition) is 6. The number of sulfonamides is 1. The zero-order valence-corrected chi connectivity index (χ0v) is 18.9. The molecule has 2 aliphatic carbocycles. The summed E-state index contributed by atoms with van der Waals surface area (Å²) in [4.78, 5) is 21.9. The number of nitrogens with zero attached hydrogens (tertiary/aromatic N) is 4. The van der Waals surface area contributed by atoms with E-state index in [-0.39, 0.29) is 17.6 Å². The number of rotatable bonds is 6. The van der Waals surface area contributed by atoms with Crippen molar-refractivity contribution < 1.29 is 8.42 Å². The van der Waals surface area contributed by atoms with E-state index in [2.05, 4.69) is 17.2 Å². The number of fused-ring (bicyclic) bond motifs is 1. The summed E-state index contributed by atoms with van der Waals surface area (Å²) in [7, 11) is -3.13. The molecule has 0 aromatic carbocycles. The first-order chi connectivity index (χ1) is 14.9. The van der Waals surface area contributed by atoms with Crippen molar-refractivity contribution in [3.63, 3.8) is 0 Å². The van der Waals surface area contributed by atoms with Crippen LogP contribution < -0.4 is 10.9 Å². The quantitative estimate of drug-likeness (QED) is 0.734. The van der Waals surface area contributed by atoms with Gasteiger partial charge in [0.25, 0.3) is 5.56 Å². The van der Waals surface area contributed by atoms with E-state index in [4.69, 9.17) is 4.98 Å². The molecule has 2 aromatic rings. The zero-order chi connectivity index (χ0) is 21.6. The smallest absolute Gasteiger partial charge is 0.252 e. The van der Waals surface area contributed by atoms with E-state index >= 15 is 0 Å². The Morgan fingerprint density at radius 3 is 2.55 bits per heavy atom. The Morgan fingerprint density at radius 2 is 1.87 bits per heavy atom. The molecular weight excluding hydrogens is 414 g/mol. The number of anilines is 1. The Bertz CT molecular complexity index is 1120. The average Bonchev–Trinajstić information content (AvgIpc) is 3.45. The van der Waals surface area contributed by atoms with Gasteiger partial charge in [0.1, 0.15) is 5.65 Å². The van der Waals surface area contributed by atoms with Crippen LogP contribution in [0.15, 0.2) is 23.1 Å². The predicted molar refractivity (Wildman–Crippen MR) is 121 cm³/mol. The van der Waals surface area contributed by atoms with Gasteiger partial charge in [-0.2, -0.15) is 4.98 Å². The van der Waals surface area contributed by atoms with Gasteiger partial charge in [-0.3, -0.25) is 9.36 Å². The van der Waals surface area contributed by atoms with Crippen LogP contribution in [0.1, 0.15) is 57.9 Å². The molecule has 31 heavy (non-hydrogen) atoms. The lowest BCUT2D eigenvalue weighted by Gasteiger charge is -2.31. The fraction of sp³-hybridized carbons (Fsp3) is 0.682. The van der Waals surface area contributed by atoms with Crippen LogP contribution in [0.3, 0.4) is 0 Å². The van der Waals surface area contributed by atoms with E-state index in [1.165, 1.54) is 0 Å². The van der Waals surface area contributed by atoms with Crippen molar-refractivity contribution in [2.45, 2.75) is 64.0 Å². The maximum atomic E-state index is 12.7. The van der Waals surface area contributed by atoms with Gasteiger partial charge in [-0.05, 0) is 56.4 Å². The standard InChI is InChI=1S/C22H31N5O3S/c1-15-3-2-4-19(15)27-20(28)8-7-17-13-23-22(25-21(17)27)24-18-9-11-26(12-10-18)31(29,30)14-16-5-6-16/h7-8,13,15-16,18-19H,2-6,9-12,14H2,1H3,(H,23,24,25)/t15-,19+/m0/s1. The summed E-state index contributed by atoms with van der Waals surface area (Å²) in [6.07, 6.45) is 8.58. The first-order valence-corrected chi connectivity index (χ1v) is 13.1. The second kappa shape index (κ2) is 8.16. The molecule has 1 saturated heterocycles. The Labute approximate surface area is 183 Å². The molecule has 2 atom stereocenters. The van der Waals surface area contributed by atoms with E-state index in [1.54, 1.807) is 22.6 Å². The molecule has 2 saturated carbocycles. The van der Waals surface area contributed by atoms with Crippen LogP contribution >= 0.6 is 0 Å². The molecule has 0 radical (unpaired) electrons. The molecule has 3 heterocycles. The molecule has 0 spiro atoms. The van der Waals surface area contributed by atoms with Crippen LogP contribution in [0.4, 0.5) is 5.95 Å². The normalized spacial score (nSPS) is 25.8. The molecule has 8 nitrogen and oxygen atoms in total. The number of aromatic nitrogens is 3. The molecule has 168 valence electrons. The second-order valence-corrected chi connectivity index (χ2v) is 11.5. The van der Waals surface area contributed by atoms with Crippen molar-refractivity contribution in [3.05, 3.63) is 28.7 Å². The minimum absolute atomic E-state index is 0.00919. The van der Waals surface area contributed by atoms with Crippen LogP contribution in [0, 0.1) is 11.8 Å². The molecule has 0 bridgehead atoms. The lowest BCUT2D eigenvalue weighted by atomic mass is 10.1. The van der Waals surface area contributed by atoms with Gasteiger partial charge in [0.2, 0.25) is 16.0 Å². The number of piperidine rings is 1. The summed E-state index contributed by atoms with van der Waals surface area (Å²) in [5.41, 5.74) is 0.679. The molecule has 2 aromatic heterocycles. The van der Waals surface area contributed by atoms with E-state index in [9.17, 15) is 13.2 Å². The van der Waals surface area contributed by atoms with Crippen molar-refractivity contribution in [2.24, 2.45) is 11.8 Å². The van der Waals surface area contributed by atoms with Gasteiger partial charge in [-0.25, -0.2) is 17.7 Å². The third-order valence-corrected chi connectivity index (χ3v) is 9.18. The molecule has 1 aliphatic heterocycles. The van der Waals surface area contributed by atoms with Gasteiger partial charge >= 0.3 is 0 Å². The highest BCUT2D eigenvalue weighted by Crippen LogP contribution is 2.36. The van der Waals surface area contributed by atoms with Gasteiger partial charge in [-0.1, -0.05) is 13.3 Å². The molecule has 5 rings (SSSR count). The zero-order valence-electron chi connectivity index (χ0n) is 18.0. The van der Waals surface area contributed by atoms with Crippen molar-refractivity contribution >= 4 is 27.0 Å². The van der Waals surface area contributed by atoms with Gasteiger partial charge < -0.3 is 5.32 Å². The number of pyridine rings is 1. The Morgan fingerprint density at radius 1 is 1.10 bits per heavy atom. The predicted octanol–water partition coefficient (Wildman–Crippen LogP) is 2.77. The first-order valence-electron chi connectivity index (χ1n) is 11.5. The summed E-state index contributed by atoms with van der Waals surface area (Å²) in [5.74, 6) is 1.64. The average molecular weight is 446 g/mol. The minimum Gasteiger partial charge on any atom is -0.351 e. The van der Waals surface area contributed by atoms with Crippen LogP contribution in [0.5, 0.6) is 0 Å². The first kappa shape index (κ1) is 20.9. The summed E-state index contributed by atoms with van der Waals surface area (Å²) in [5, 5.41) is 4.25. The van der Waals surface area contributed by atoms with Gasteiger partial charge in [0.15, 0.2) is 0 Å². The molecule has 0 amide bonds. The van der Waals surface area contributed by atoms with Gasteiger partial charge in [-0.15, -0.1) is 0 Å². The Hall–Kier alpha value is -2.00. The SMILES string of the molecule is C[C@H]1CCC[C@H]1n1c(=O)ccc2cnc(NC3CCN(S(=O)(=O)CC4CC4)CC3)nc21. The maximum absolute atomic E-state index is 12.7. The number of hydrogen-bond donors (Lipinski definition) is 1. The van der Waals surface area contributed by atoms with Crippen molar-refractivity contribution in [1.29, 1.82) is 0 Å². The molecular formula is C22H31N5O3S. The van der Waals surface area contributed by atoms with Crippen molar-refractivity contribution in [2.75, 3.05) is 24.2 Å². The van der Waals surface area contributed by atoms with E-state index in [0.29, 0.717) is 42.3 Å². The highest BCUT2D eigenvalue weighted by atomic mass is 32.2. The third kappa shape index (κ3) is 4.35. The van der Waals surface area contributed by atoms with Gasteiger partial charge in [0.05, 0.1) is 5.75 Å². The lowest BCUT2D eigenvalue weighted by molar-refractivity contribution is 0.328. The fourth-order valence-corrected chi connectivity index (χ4v) is 6.99. The molecule has 1 N–H and O–H groups in total. The van der Waals surface area contributed by atoms with Gasteiger partial charge in [0, 0.05) is 42.8 Å². The Kier molecular flexibility index (Phi) is 5.50.